The van der Waals surface area contributed by atoms with Crippen molar-refractivity contribution in [3.05, 3.63) is 48.6 Å². The van der Waals surface area contributed by atoms with Gasteiger partial charge in [-0.1, -0.05) is 43.0 Å². The first kappa shape index (κ1) is 25.7. The van der Waals surface area contributed by atoms with E-state index in [1.54, 1.807) is 33.5 Å². The maximum atomic E-state index is 10.7. The summed E-state index contributed by atoms with van der Waals surface area (Å²) in [5.41, 5.74) is 1.43. The van der Waals surface area contributed by atoms with Crippen LogP contribution in [0.5, 0.6) is 0 Å². The first-order valence-corrected chi connectivity index (χ1v) is 11.6. The Labute approximate surface area is 163 Å². The molecular formula is C18H30O7SSi. The Morgan fingerprint density at radius 2 is 1.74 bits per heavy atom. The molecule has 27 heavy (non-hydrogen) atoms. The lowest BCUT2D eigenvalue weighted by Gasteiger charge is -2.24. The van der Waals surface area contributed by atoms with Gasteiger partial charge in [-0.2, -0.15) is 8.42 Å². The van der Waals surface area contributed by atoms with Crippen LogP contribution < -0.4 is 0 Å². The highest BCUT2D eigenvalue weighted by Gasteiger charge is 2.36. The van der Waals surface area contributed by atoms with E-state index in [0.29, 0.717) is 18.8 Å². The predicted molar refractivity (Wildman–Crippen MR) is 108 cm³/mol. The topological polar surface area (TPSA) is 91.3 Å². The number of ether oxygens (including phenoxy) is 1. The average molecular weight is 419 g/mol. The third-order valence-corrected chi connectivity index (χ3v) is 7.23. The molecule has 1 rings (SSSR count). The number of hydrogen-bond acceptors (Lipinski definition) is 6. The normalized spacial score (nSPS) is 11.4. The van der Waals surface area contributed by atoms with Crippen LogP contribution in [-0.4, -0.2) is 56.3 Å². The van der Waals surface area contributed by atoms with Crippen molar-refractivity contribution in [2.24, 2.45) is 0 Å². The SMILES string of the molecule is C=C(C)COCCC[Si](OC)(OC)OC.C=Cc1ccccc1S(=O)(=O)O. The molecule has 0 aromatic heterocycles. The maximum Gasteiger partial charge on any atom is 0.500 e. The molecule has 1 N–H and O–H groups in total. The summed E-state index contributed by atoms with van der Waals surface area (Å²) in [6.07, 6.45) is 2.25. The third-order valence-electron chi connectivity index (χ3n) is 3.47. The lowest BCUT2D eigenvalue weighted by Crippen LogP contribution is -2.42. The fourth-order valence-electron chi connectivity index (χ4n) is 2.08. The highest BCUT2D eigenvalue weighted by molar-refractivity contribution is 7.85. The molecule has 0 radical (unpaired) electrons. The lowest BCUT2D eigenvalue weighted by atomic mass is 10.2. The summed E-state index contributed by atoms with van der Waals surface area (Å²) in [6, 6.07) is 6.87. The molecule has 1 aromatic rings. The molecule has 0 saturated heterocycles. The van der Waals surface area contributed by atoms with E-state index in [9.17, 15) is 8.42 Å². The maximum absolute atomic E-state index is 10.7. The van der Waals surface area contributed by atoms with Crippen molar-refractivity contribution in [2.45, 2.75) is 24.3 Å². The molecule has 0 unspecified atom stereocenters. The molecule has 0 aliphatic rings. The zero-order valence-corrected chi connectivity index (χ0v) is 18.3. The van der Waals surface area contributed by atoms with Gasteiger partial charge in [0.25, 0.3) is 10.1 Å². The molecule has 1 aromatic carbocycles. The van der Waals surface area contributed by atoms with Gasteiger partial charge in [0.15, 0.2) is 0 Å². The van der Waals surface area contributed by atoms with Crippen molar-refractivity contribution in [1.29, 1.82) is 0 Å². The Bertz CT molecular complexity index is 676. The zero-order valence-electron chi connectivity index (χ0n) is 16.4. The van der Waals surface area contributed by atoms with Crippen molar-refractivity contribution in [3.8, 4) is 0 Å². The van der Waals surface area contributed by atoms with E-state index >= 15 is 0 Å². The first-order chi connectivity index (χ1) is 12.7. The standard InChI is InChI=1S/C10H22O4Si.C8H8O3S/c1-10(2)9-14-7-6-8-15(11-3,12-4)13-5;1-2-7-5-3-4-6-8(7)12(9,10)11/h1,6-9H2,2-5H3;2-6H,1H2,(H,9,10,11). The van der Waals surface area contributed by atoms with Crippen LogP contribution in [0.3, 0.4) is 0 Å². The molecular weight excluding hydrogens is 388 g/mol. The van der Waals surface area contributed by atoms with Crippen LogP contribution >= 0.6 is 0 Å². The summed E-state index contributed by atoms with van der Waals surface area (Å²) < 4.78 is 51.4. The van der Waals surface area contributed by atoms with Gasteiger partial charge in [0.1, 0.15) is 4.90 Å². The van der Waals surface area contributed by atoms with Crippen molar-refractivity contribution < 1.29 is 31.0 Å². The van der Waals surface area contributed by atoms with E-state index < -0.39 is 18.9 Å². The molecule has 0 aliphatic heterocycles. The molecule has 7 nitrogen and oxygen atoms in total. The van der Waals surface area contributed by atoms with Gasteiger partial charge >= 0.3 is 8.80 Å². The first-order valence-electron chi connectivity index (χ1n) is 8.22. The highest BCUT2D eigenvalue weighted by Crippen LogP contribution is 2.16. The van der Waals surface area contributed by atoms with Crippen LogP contribution in [-0.2, 0) is 28.1 Å². The molecule has 0 amide bonds. The van der Waals surface area contributed by atoms with E-state index in [0.717, 1.165) is 18.0 Å². The minimum absolute atomic E-state index is 0.111. The summed E-state index contributed by atoms with van der Waals surface area (Å²) in [5, 5.41) is 0. The minimum Gasteiger partial charge on any atom is -0.377 e. The average Bonchev–Trinajstić information content (AvgIpc) is 2.65. The van der Waals surface area contributed by atoms with E-state index in [-0.39, 0.29) is 4.90 Å². The fraction of sp³-hybridized carbons (Fsp3) is 0.444. The molecule has 9 heteroatoms. The quantitative estimate of drug-likeness (QED) is 0.255. The molecule has 154 valence electrons. The van der Waals surface area contributed by atoms with Crippen LogP contribution in [0.2, 0.25) is 6.04 Å². The molecule has 0 heterocycles. The Kier molecular flexibility index (Phi) is 12.3. The lowest BCUT2D eigenvalue weighted by molar-refractivity contribution is 0.113. The van der Waals surface area contributed by atoms with Crippen molar-refractivity contribution in [1.82, 2.24) is 0 Å². The van der Waals surface area contributed by atoms with Crippen molar-refractivity contribution >= 4 is 25.0 Å². The van der Waals surface area contributed by atoms with Gasteiger partial charge in [0, 0.05) is 34.0 Å². The summed E-state index contributed by atoms with van der Waals surface area (Å²) in [6.45, 7) is 10.4. The van der Waals surface area contributed by atoms with Crippen LogP contribution in [0.25, 0.3) is 6.08 Å². The highest BCUT2D eigenvalue weighted by atomic mass is 32.2. The van der Waals surface area contributed by atoms with Gasteiger partial charge in [-0.15, -0.1) is 0 Å². The molecule has 0 bridgehead atoms. The van der Waals surface area contributed by atoms with E-state index in [4.69, 9.17) is 22.6 Å². The number of rotatable bonds is 11. The second-order valence-electron chi connectivity index (χ2n) is 5.63. The summed E-state index contributed by atoms with van der Waals surface area (Å²) in [4.78, 5) is -0.111. The van der Waals surface area contributed by atoms with E-state index in [2.05, 4.69) is 13.2 Å². The Balaban J connectivity index is 0.000000511. The van der Waals surface area contributed by atoms with Gasteiger partial charge in [0.05, 0.1) is 6.61 Å². The van der Waals surface area contributed by atoms with Gasteiger partial charge in [-0.05, 0) is 25.0 Å². The molecule has 0 spiro atoms. The second kappa shape index (κ2) is 12.9. The summed E-state index contributed by atoms with van der Waals surface area (Å²) in [7, 11) is -1.66. The van der Waals surface area contributed by atoms with Gasteiger partial charge in [-0.25, -0.2) is 0 Å². The number of benzene rings is 1. The van der Waals surface area contributed by atoms with Crippen LogP contribution in [0, 0.1) is 0 Å². The summed E-state index contributed by atoms with van der Waals surface area (Å²) >= 11 is 0. The van der Waals surface area contributed by atoms with Crippen LogP contribution in [0.1, 0.15) is 18.9 Å². The van der Waals surface area contributed by atoms with Crippen molar-refractivity contribution in [3.63, 3.8) is 0 Å². The molecule has 0 fully saturated rings. The minimum atomic E-state index is -4.12. The Morgan fingerprint density at radius 1 is 1.19 bits per heavy atom. The molecule has 0 saturated carbocycles. The molecule has 0 aliphatic carbocycles. The summed E-state index contributed by atoms with van der Waals surface area (Å²) in [5.74, 6) is 0. The predicted octanol–water partition coefficient (Wildman–Crippen LogP) is 3.42. The van der Waals surface area contributed by atoms with Crippen LogP contribution in [0.4, 0.5) is 0 Å². The Hall–Kier alpha value is -1.33. The van der Waals surface area contributed by atoms with Crippen LogP contribution in [0.15, 0.2) is 47.9 Å². The zero-order chi connectivity index (χ0) is 20.9. The monoisotopic (exact) mass is 418 g/mol. The van der Waals surface area contributed by atoms with Gasteiger partial charge in [0.2, 0.25) is 0 Å². The number of hydrogen-bond donors (Lipinski definition) is 1. The van der Waals surface area contributed by atoms with Gasteiger partial charge in [-0.3, -0.25) is 4.55 Å². The molecule has 0 atom stereocenters. The smallest absolute Gasteiger partial charge is 0.377 e. The van der Waals surface area contributed by atoms with E-state index in [1.807, 2.05) is 6.92 Å². The third kappa shape index (κ3) is 9.96. The van der Waals surface area contributed by atoms with E-state index in [1.165, 1.54) is 18.2 Å². The van der Waals surface area contributed by atoms with Crippen molar-refractivity contribution in [2.75, 3.05) is 34.5 Å². The Morgan fingerprint density at radius 3 is 2.15 bits per heavy atom. The second-order valence-corrected chi connectivity index (χ2v) is 10.1. The fourth-order valence-corrected chi connectivity index (χ4v) is 4.47. The largest absolute Gasteiger partial charge is 0.500 e. The van der Waals surface area contributed by atoms with Gasteiger partial charge < -0.3 is 18.0 Å².